The van der Waals surface area contributed by atoms with Crippen LogP contribution in [0.3, 0.4) is 0 Å². The average molecular weight is 322 g/mol. The van der Waals surface area contributed by atoms with Crippen molar-refractivity contribution in [2.24, 2.45) is 5.73 Å². The molecule has 0 atom stereocenters. The molecule has 18 heavy (non-hydrogen) atoms. The smallest absolute Gasteiger partial charge is 0.324 e. The lowest BCUT2D eigenvalue weighted by Gasteiger charge is -2.10. The molecule has 96 valence electrons. The van der Waals surface area contributed by atoms with Crippen LogP contribution in [0.2, 0.25) is 0 Å². The lowest BCUT2D eigenvalue weighted by molar-refractivity contribution is -0.137. The van der Waals surface area contributed by atoms with E-state index in [1.54, 1.807) is 0 Å². The zero-order chi connectivity index (χ0) is 13.3. The zero-order valence-corrected chi connectivity index (χ0v) is 10.4. The van der Waals surface area contributed by atoms with E-state index in [0.717, 1.165) is 12.1 Å². The molecule has 0 amide bonds. The van der Waals surface area contributed by atoms with Crippen LogP contribution in [0.1, 0.15) is 11.4 Å². The number of benzene rings is 1. The van der Waals surface area contributed by atoms with E-state index in [1.807, 2.05) is 0 Å². The molecule has 5 nitrogen and oxygen atoms in total. The molecule has 0 aliphatic rings. The first kappa shape index (κ1) is 13.0. The summed E-state index contributed by atoms with van der Waals surface area (Å²) in [6.07, 6.45) is -4.42. The molecule has 1 aromatic heterocycles. The van der Waals surface area contributed by atoms with Crippen molar-refractivity contribution in [3.63, 3.8) is 0 Å². The Labute approximate surface area is 108 Å². The van der Waals surface area contributed by atoms with Gasteiger partial charge < -0.3 is 5.73 Å². The van der Waals surface area contributed by atoms with Crippen molar-refractivity contribution in [2.45, 2.75) is 12.7 Å². The molecule has 9 heteroatoms. The standard InChI is InChI=1S/C9H7BrF3N5/c10-6-2-1-5(9(11,12)13)3-7(6)18-8(4-14)15-16-17-18/h1-3H,4,14H2. The third kappa shape index (κ3) is 2.36. The fraction of sp³-hybridized carbons (Fsp3) is 0.222. The zero-order valence-electron chi connectivity index (χ0n) is 8.82. The first-order chi connectivity index (χ1) is 8.43. The Balaban J connectivity index is 2.57. The van der Waals surface area contributed by atoms with Gasteiger partial charge in [-0.1, -0.05) is 0 Å². The number of nitrogens with zero attached hydrogens (tertiary/aromatic N) is 4. The summed E-state index contributed by atoms with van der Waals surface area (Å²) in [7, 11) is 0. The topological polar surface area (TPSA) is 69.6 Å². The Kier molecular flexibility index (Phi) is 3.35. The number of alkyl halides is 3. The Morgan fingerprint density at radius 3 is 2.67 bits per heavy atom. The Morgan fingerprint density at radius 2 is 2.06 bits per heavy atom. The van der Waals surface area contributed by atoms with Gasteiger partial charge in [-0.25, -0.2) is 0 Å². The minimum Gasteiger partial charge on any atom is -0.324 e. The first-order valence-corrected chi connectivity index (χ1v) is 5.57. The molecule has 1 aromatic carbocycles. The van der Waals surface area contributed by atoms with Crippen LogP contribution in [0.15, 0.2) is 22.7 Å². The van der Waals surface area contributed by atoms with Gasteiger partial charge in [0.15, 0.2) is 5.82 Å². The monoisotopic (exact) mass is 321 g/mol. The predicted octanol–water partition coefficient (Wildman–Crippen LogP) is 1.90. The molecular weight excluding hydrogens is 315 g/mol. The van der Waals surface area contributed by atoms with E-state index in [0.29, 0.717) is 4.47 Å². The third-order valence-electron chi connectivity index (χ3n) is 2.22. The second kappa shape index (κ2) is 4.65. The fourth-order valence-electron chi connectivity index (χ4n) is 1.37. The minimum absolute atomic E-state index is 0.0235. The van der Waals surface area contributed by atoms with Gasteiger partial charge >= 0.3 is 6.18 Å². The van der Waals surface area contributed by atoms with Gasteiger partial charge in [0, 0.05) is 4.47 Å². The van der Waals surface area contributed by atoms with Crippen molar-refractivity contribution in [3.8, 4) is 5.69 Å². The summed E-state index contributed by atoms with van der Waals surface area (Å²) < 4.78 is 39.5. The normalized spacial score (nSPS) is 11.8. The molecule has 0 radical (unpaired) electrons. The van der Waals surface area contributed by atoms with Gasteiger partial charge in [0.1, 0.15) is 0 Å². The van der Waals surface area contributed by atoms with Crippen LogP contribution in [-0.4, -0.2) is 20.2 Å². The van der Waals surface area contributed by atoms with Crippen molar-refractivity contribution in [3.05, 3.63) is 34.1 Å². The average Bonchev–Trinajstić information content (AvgIpc) is 2.76. The number of nitrogens with two attached hydrogens (primary N) is 1. The number of tetrazole rings is 1. The van der Waals surface area contributed by atoms with Crippen LogP contribution in [0.4, 0.5) is 13.2 Å². The Bertz CT molecular complexity index is 566. The largest absolute Gasteiger partial charge is 0.416 e. The first-order valence-electron chi connectivity index (χ1n) is 4.78. The molecule has 0 fully saturated rings. The Morgan fingerprint density at radius 1 is 1.33 bits per heavy atom. The quantitative estimate of drug-likeness (QED) is 0.917. The SMILES string of the molecule is NCc1nnnn1-c1cc(C(F)(F)F)ccc1Br. The molecule has 0 spiro atoms. The van der Waals surface area contributed by atoms with Crippen LogP contribution in [0.25, 0.3) is 5.69 Å². The summed E-state index contributed by atoms with van der Waals surface area (Å²) >= 11 is 3.16. The second-order valence-corrected chi connectivity index (χ2v) is 4.23. The van der Waals surface area contributed by atoms with Gasteiger partial charge in [0.05, 0.1) is 17.8 Å². The van der Waals surface area contributed by atoms with E-state index in [4.69, 9.17) is 5.73 Å². The van der Waals surface area contributed by atoms with Crippen molar-refractivity contribution in [1.29, 1.82) is 0 Å². The van der Waals surface area contributed by atoms with E-state index >= 15 is 0 Å². The fourth-order valence-corrected chi connectivity index (χ4v) is 1.79. The van der Waals surface area contributed by atoms with E-state index in [2.05, 4.69) is 31.5 Å². The molecule has 2 N–H and O–H groups in total. The third-order valence-corrected chi connectivity index (χ3v) is 2.89. The maximum absolute atomic E-state index is 12.6. The summed E-state index contributed by atoms with van der Waals surface area (Å²) in [6.45, 7) is 0.0235. The highest BCUT2D eigenvalue weighted by Crippen LogP contribution is 2.33. The molecule has 0 saturated carbocycles. The number of hydrogen-bond acceptors (Lipinski definition) is 4. The molecule has 1 heterocycles. The molecule has 0 aliphatic carbocycles. The minimum atomic E-state index is -4.42. The van der Waals surface area contributed by atoms with Crippen molar-refractivity contribution >= 4 is 15.9 Å². The Hall–Kier alpha value is -1.48. The highest BCUT2D eigenvalue weighted by atomic mass is 79.9. The van der Waals surface area contributed by atoms with Crippen LogP contribution in [0, 0.1) is 0 Å². The van der Waals surface area contributed by atoms with E-state index in [-0.39, 0.29) is 18.1 Å². The molecular formula is C9H7BrF3N5. The van der Waals surface area contributed by atoms with Gasteiger partial charge in [-0.05, 0) is 44.6 Å². The predicted molar refractivity (Wildman–Crippen MR) is 59.7 cm³/mol. The summed E-state index contributed by atoms with van der Waals surface area (Å²) in [4.78, 5) is 0. The molecule has 0 saturated heterocycles. The lowest BCUT2D eigenvalue weighted by Crippen LogP contribution is -2.11. The maximum atomic E-state index is 12.6. The lowest BCUT2D eigenvalue weighted by atomic mass is 10.2. The number of rotatable bonds is 2. The van der Waals surface area contributed by atoms with Gasteiger partial charge in [-0.3, -0.25) is 0 Å². The van der Waals surface area contributed by atoms with Crippen LogP contribution >= 0.6 is 15.9 Å². The van der Waals surface area contributed by atoms with Crippen molar-refractivity contribution in [2.75, 3.05) is 0 Å². The molecule has 2 aromatic rings. The van der Waals surface area contributed by atoms with Crippen LogP contribution in [0.5, 0.6) is 0 Å². The van der Waals surface area contributed by atoms with Crippen LogP contribution in [-0.2, 0) is 12.7 Å². The highest BCUT2D eigenvalue weighted by molar-refractivity contribution is 9.10. The second-order valence-electron chi connectivity index (χ2n) is 3.37. The van der Waals surface area contributed by atoms with E-state index in [1.165, 1.54) is 10.7 Å². The van der Waals surface area contributed by atoms with Crippen molar-refractivity contribution < 1.29 is 13.2 Å². The van der Waals surface area contributed by atoms with Gasteiger partial charge in [-0.2, -0.15) is 17.9 Å². The molecule has 0 unspecified atom stereocenters. The molecule has 2 rings (SSSR count). The van der Waals surface area contributed by atoms with Crippen LogP contribution < -0.4 is 5.73 Å². The number of aromatic nitrogens is 4. The summed E-state index contributed by atoms with van der Waals surface area (Å²) in [5.41, 5.74) is 4.82. The number of hydrogen-bond donors (Lipinski definition) is 1. The maximum Gasteiger partial charge on any atom is 0.416 e. The summed E-state index contributed by atoms with van der Waals surface area (Å²) in [5, 5.41) is 10.6. The molecule has 0 bridgehead atoms. The summed E-state index contributed by atoms with van der Waals surface area (Å²) in [6, 6.07) is 3.22. The van der Waals surface area contributed by atoms with Crippen molar-refractivity contribution in [1.82, 2.24) is 20.2 Å². The summed E-state index contributed by atoms with van der Waals surface area (Å²) in [5.74, 6) is 0.273. The van der Waals surface area contributed by atoms with Gasteiger partial charge in [0.25, 0.3) is 0 Å². The molecule has 0 aliphatic heterocycles. The number of halogens is 4. The van der Waals surface area contributed by atoms with Gasteiger partial charge in [-0.15, -0.1) is 5.10 Å². The van der Waals surface area contributed by atoms with E-state index in [9.17, 15) is 13.2 Å². The van der Waals surface area contributed by atoms with E-state index < -0.39 is 11.7 Å². The van der Waals surface area contributed by atoms with Gasteiger partial charge in [0.2, 0.25) is 0 Å². The highest BCUT2D eigenvalue weighted by Gasteiger charge is 2.31.